The molecule has 0 atom stereocenters. The molecule has 4 aromatic rings. The number of nitrogens with zero attached hydrogens (tertiary/aromatic N) is 5. The highest BCUT2D eigenvalue weighted by atomic mass is 32.1. The Morgan fingerprint density at radius 2 is 1.30 bits per heavy atom. The van der Waals surface area contributed by atoms with Crippen LogP contribution < -0.4 is 0 Å². The molecule has 0 fully saturated rings. The van der Waals surface area contributed by atoms with Gasteiger partial charge in [0.05, 0.1) is 5.69 Å². The predicted octanol–water partition coefficient (Wildman–Crippen LogP) is 3.72. The quantitative estimate of drug-likeness (QED) is 0.576. The van der Waals surface area contributed by atoms with Gasteiger partial charge in [0.25, 0.3) is 0 Å². The normalized spacial score (nSPS) is 10.6. The lowest BCUT2D eigenvalue weighted by atomic mass is 10.2. The molecule has 0 aliphatic carbocycles. The van der Waals surface area contributed by atoms with Crippen molar-refractivity contribution in [2.24, 2.45) is 0 Å². The van der Waals surface area contributed by atoms with Crippen LogP contribution in [-0.2, 0) is 0 Å². The van der Waals surface area contributed by atoms with Crippen LogP contribution in [0.5, 0.6) is 0 Å². The lowest BCUT2D eigenvalue weighted by Gasteiger charge is -2.00. The zero-order chi connectivity index (χ0) is 15.5. The molecule has 0 N–H and O–H groups in total. The van der Waals surface area contributed by atoms with Gasteiger partial charge in [0.2, 0.25) is 0 Å². The van der Waals surface area contributed by atoms with Crippen molar-refractivity contribution in [3.63, 3.8) is 0 Å². The highest BCUT2D eigenvalue weighted by molar-refractivity contribution is 7.17. The van der Waals surface area contributed by atoms with Gasteiger partial charge in [-0.3, -0.25) is 15.0 Å². The highest BCUT2D eigenvalue weighted by Crippen LogP contribution is 2.29. The maximum Gasteiger partial charge on any atom is 0.149 e. The maximum atomic E-state index is 4.49. The Morgan fingerprint density at radius 3 is 1.87 bits per heavy atom. The van der Waals surface area contributed by atoms with E-state index >= 15 is 0 Å². The van der Waals surface area contributed by atoms with Crippen molar-refractivity contribution in [1.29, 1.82) is 0 Å². The minimum atomic E-state index is 0.842. The molecule has 23 heavy (non-hydrogen) atoms. The molecule has 6 heteroatoms. The van der Waals surface area contributed by atoms with Crippen molar-refractivity contribution < 1.29 is 0 Å². The molecule has 4 aromatic heterocycles. The third-order valence-corrected chi connectivity index (χ3v) is 4.32. The van der Waals surface area contributed by atoms with Crippen molar-refractivity contribution >= 4 is 11.3 Å². The van der Waals surface area contributed by atoms with Crippen LogP contribution in [0.2, 0.25) is 0 Å². The van der Waals surface area contributed by atoms with E-state index in [1.54, 1.807) is 24.8 Å². The first-order chi connectivity index (χ1) is 11.4. The van der Waals surface area contributed by atoms with Gasteiger partial charge in [0.1, 0.15) is 10.0 Å². The zero-order valence-electron chi connectivity index (χ0n) is 12.0. The summed E-state index contributed by atoms with van der Waals surface area (Å²) in [7, 11) is 0. The Labute approximate surface area is 136 Å². The predicted molar refractivity (Wildman–Crippen MR) is 89.6 cm³/mol. The number of rotatable bonds is 3. The smallest absolute Gasteiger partial charge is 0.149 e. The Hall–Kier alpha value is -2.99. The van der Waals surface area contributed by atoms with Crippen molar-refractivity contribution in [1.82, 2.24) is 25.1 Å². The van der Waals surface area contributed by atoms with Crippen LogP contribution in [0.3, 0.4) is 0 Å². The second-order valence-electron chi connectivity index (χ2n) is 4.83. The molecule has 0 radical (unpaired) electrons. The SMILES string of the molecule is c1cncc(-c2ccc(-c3nnc(-c4cccnc4)s3)cn2)c1. The van der Waals surface area contributed by atoms with Gasteiger partial charge in [-0.15, -0.1) is 10.2 Å². The van der Waals surface area contributed by atoms with Crippen LogP contribution in [0, 0.1) is 0 Å². The van der Waals surface area contributed by atoms with E-state index in [4.69, 9.17) is 0 Å². The van der Waals surface area contributed by atoms with Crippen LogP contribution >= 0.6 is 11.3 Å². The van der Waals surface area contributed by atoms with Gasteiger partial charge in [-0.1, -0.05) is 11.3 Å². The summed E-state index contributed by atoms with van der Waals surface area (Å²) in [6, 6.07) is 11.7. The van der Waals surface area contributed by atoms with E-state index in [-0.39, 0.29) is 0 Å². The summed E-state index contributed by atoms with van der Waals surface area (Å²) in [6.07, 6.45) is 8.89. The summed E-state index contributed by atoms with van der Waals surface area (Å²) >= 11 is 1.53. The summed E-state index contributed by atoms with van der Waals surface area (Å²) in [5.74, 6) is 0. The van der Waals surface area contributed by atoms with Gasteiger partial charge in [-0.25, -0.2) is 0 Å². The molecular formula is C17H11N5S. The maximum absolute atomic E-state index is 4.49. The van der Waals surface area contributed by atoms with Gasteiger partial charge >= 0.3 is 0 Å². The van der Waals surface area contributed by atoms with Crippen LogP contribution in [0.25, 0.3) is 32.4 Å². The molecule has 0 saturated heterocycles. The minimum absolute atomic E-state index is 0.842. The van der Waals surface area contributed by atoms with E-state index in [1.807, 2.05) is 42.6 Å². The molecule has 0 unspecified atom stereocenters. The van der Waals surface area contributed by atoms with E-state index in [9.17, 15) is 0 Å². The fraction of sp³-hybridized carbons (Fsp3) is 0. The molecule has 0 spiro atoms. The second-order valence-corrected chi connectivity index (χ2v) is 5.81. The van der Waals surface area contributed by atoms with E-state index in [2.05, 4.69) is 25.1 Å². The fourth-order valence-corrected chi connectivity index (χ4v) is 2.97. The first-order valence-corrected chi connectivity index (χ1v) is 7.82. The van der Waals surface area contributed by atoms with Crippen molar-refractivity contribution in [3.8, 4) is 32.4 Å². The molecule has 4 rings (SSSR count). The Kier molecular flexibility index (Phi) is 3.57. The minimum Gasteiger partial charge on any atom is -0.264 e. The first kappa shape index (κ1) is 13.7. The third kappa shape index (κ3) is 2.84. The molecule has 0 aliphatic rings. The summed E-state index contributed by atoms with van der Waals surface area (Å²) in [5, 5.41) is 10.2. The van der Waals surface area contributed by atoms with Crippen LogP contribution in [-0.4, -0.2) is 25.1 Å². The van der Waals surface area contributed by atoms with Gasteiger partial charge in [0.15, 0.2) is 0 Å². The third-order valence-electron chi connectivity index (χ3n) is 3.30. The van der Waals surface area contributed by atoms with Gasteiger partial charge in [-0.05, 0) is 36.4 Å². The topological polar surface area (TPSA) is 64.5 Å². The molecule has 0 saturated carbocycles. The van der Waals surface area contributed by atoms with Crippen molar-refractivity contribution in [3.05, 3.63) is 67.4 Å². The average Bonchev–Trinajstić information content (AvgIpc) is 3.14. The average molecular weight is 317 g/mol. The number of hydrogen-bond donors (Lipinski definition) is 0. The number of hydrogen-bond acceptors (Lipinski definition) is 6. The van der Waals surface area contributed by atoms with Crippen LogP contribution in [0.1, 0.15) is 0 Å². The molecule has 0 aromatic carbocycles. The Bertz CT molecular complexity index is 905. The monoisotopic (exact) mass is 317 g/mol. The van der Waals surface area contributed by atoms with Crippen LogP contribution in [0.15, 0.2) is 67.4 Å². The van der Waals surface area contributed by atoms with Crippen LogP contribution in [0.4, 0.5) is 0 Å². The first-order valence-electron chi connectivity index (χ1n) is 7.01. The summed E-state index contributed by atoms with van der Waals surface area (Å²) in [4.78, 5) is 12.7. The summed E-state index contributed by atoms with van der Waals surface area (Å²) in [5.41, 5.74) is 3.80. The van der Waals surface area contributed by atoms with Crippen molar-refractivity contribution in [2.75, 3.05) is 0 Å². The highest BCUT2D eigenvalue weighted by Gasteiger charge is 2.09. The van der Waals surface area contributed by atoms with Gasteiger partial charge in [-0.2, -0.15) is 0 Å². The fourth-order valence-electron chi connectivity index (χ4n) is 2.15. The number of pyridine rings is 3. The van der Waals surface area contributed by atoms with E-state index in [1.165, 1.54) is 11.3 Å². The lowest BCUT2D eigenvalue weighted by molar-refractivity contribution is 1.09. The van der Waals surface area contributed by atoms with E-state index in [0.29, 0.717) is 0 Å². The van der Waals surface area contributed by atoms with E-state index < -0.39 is 0 Å². The molecule has 5 nitrogen and oxygen atoms in total. The lowest BCUT2D eigenvalue weighted by Crippen LogP contribution is -1.85. The molecule has 4 heterocycles. The molecule has 0 bridgehead atoms. The molecule has 0 aliphatic heterocycles. The summed E-state index contributed by atoms with van der Waals surface area (Å²) < 4.78 is 0. The Morgan fingerprint density at radius 1 is 0.652 bits per heavy atom. The van der Waals surface area contributed by atoms with Crippen molar-refractivity contribution in [2.45, 2.75) is 0 Å². The van der Waals surface area contributed by atoms with E-state index in [0.717, 1.165) is 32.4 Å². The van der Waals surface area contributed by atoms with Gasteiger partial charge in [0, 0.05) is 47.7 Å². The summed E-state index contributed by atoms with van der Waals surface area (Å²) in [6.45, 7) is 0. The molecule has 0 amide bonds. The largest absolute Gasteiger partial charge is 0.264 e. The number of aromatic nitrogens is 5. The second kappa shape index (κ2) is 6.02. The standard InChI is InChI=1S/C17H11N5S/c1-3-12(9-18-7-1)15-6-5-14(11-20-15)17-22-21-16(23-17)13-4-2-8-19-10-13/h1-11H. The molecule has 110 valence electrons. The zero-order valence-corrected chi connectivity index (χ0v) is 12.8. The molecular weight excluding hydrogens is 306 g/mol. The van der Waals surface area contributed by atoms with Gasteiger partial charge < -0.3 is 0 Å². The Balaban J connectivity index is 1.63.